The largest absolute Gasteiger partial charge is 0.456 e. The number of hydrogen-bond donors (Lipinski definition) is 0. The van der Waals surface area contributed by atoms with E-state index < -0.39 is 0 Å². The molecule has 11 rings (SSSR count). The molecule has 0 bridgehead atoms. The van der Waals surface area contributed by atoms with Crippen LogP contribution in [0.1, 0.15) is 0 Å². The van der Waals surface area contributed by atoms with E-state index in [1.165, 1.54) is 11.1 Å². The molecule has 0 fully saturated rings. The summed E-state index contributed by atoms with van der Waals surface area (Å²) in [6.45, 7) is 0. The third kappa shape index (κ3) is 6.97. The van der Waals surface area contributed by atoms with Gasteiger partial charge < -0.3 is 9.32 Å². The molecule has 9 aromatic carbocycles. The fraction of sp³-hybridized carbons (Fsp3) is 0. The van der Waals surface area contributed by atoms with E-state index in [0.29, 0.717) is 17.5 Å². The van der Waals surface area contributed by atoms with Crippen molar-refractivity contribution in [1.29, 1.82) is 0 Å². The molecule has 0 saturated carbocycles. The van der Waals surface area contributed by atoms with Gasteiger partial charge in [-0.25, -0.2) is 15.0 Å². The second-order valence-corrected chi connectivity index (χ2v) is 15.2. The molecule has 0 aliphatic rings. The van der Waals surface area contributed by atoms with E-state index in [4.69, 9.17) is 19.4 Å². The normalized spacial score (nSPS) is 11.2. The molecule has 0 N–H and O–H groups in total. The number of benzene rings is 9. The summed E-state index contributed by atoms with van der Waals surface area (Å²) in [5.41, 5.74) is 14.3. The van der Waals surface area contributed by atoms with Gasteiger partial charge in [0.15, 0.2) is 17.5 Å². The van der Waals surface area contributed by atoms with E-state index in [-0.39, 0.29) is 0 Å². The molecular formula is C57H38N4O. The van der Waals surface area contributed by atoms with Crippen LogP contribution in [0.3, 0.4) is 0 Å². The molecular weight excluding hydrogens is 757 g/mol. The Hall–Kier alpha value is -8.41. The number of hydrogen-bond acceptors (Lipinski definition) is 5. The van der Waals surface area contributed by atoms with E-state index in [1.54, 1.807) is 0 Å². The van der Waals surface area contributed by atoms with Crippen LogP contribution in [0.4, 0.5) is 17.1 Å². The minimum atomic E-state index is 0.586. The maximum Gasteiger partial charge on any atom is 0.164 e. The Labute approximate surface area is 359 Å². The number of nitrogens with zero attached hydrogens (tertiary/aromatic N) is 4. The monoisotopic (exact) mass is 794 g/mol. The summed E-state index contributed by atoms with van der Waals surface area (Å²) in [7, 11) is 0. The first-order valence-corrected chi connectivity index (χ1v) is 20.8. The summed E-state index contributed by atoms with van der Waals surface area (Å²) in [6, 6.07) is 80.0. The first kappa shape index (κ1) is 36.7. The third-order valence-corrected chi connectivity index (χ3v) is 11.4. The van der Waals surface area contributed by atoms with Crippen LogP contribution in [0.5, 0.6) is 0 Å². The van der Waals surface area contributed by atoms with Gasteiger partial charge in [0, 0.05) is 50.5 Å². The maximum atomic E-state index is 6.74. The SMILES string of the molecule is c1ccc(-c2ccc(-c3ccc(N(c4ccc5c(c4)oc4cccc(-c6nc(-c7ccccc7)nc(-c7ccccc7)n6)c45)c4ccccc4-c4ccccc4)cc3)cc2)cc1. The molecule has 5 heteroatoms. The van der Waals surface area contributed by atoms with Crippen molar-refractivity contribution in [3.05, 3.63) is 231 Å². The lowest BCUT2D eigenvalue weighted by atomic mass is 9.99. The molecule has 0 aliphatic carbocycles. The summed E-state index contributed by atoms with van der Waals surface area (Å²) in [5.74, 6) is 1.82. The highest BCUT2D eigenvalue weighted by atomic mass is 16.3. The number of rotatable bonds is 9. The van der Waals surface area contributed by atoms with Crippen molar-refractivity contribution in [3.8, 4) is 67.5 Å². The molecule has 0 spiro atoms. The van der Waals surface area contributed by atoms with Crippen LogP contribution in [0.2, 0.25) is 0 Å². The average Bonchev–Trinajstić information content (AvgIpc) is 3.74. The summed E-state index contributed by atoms with van der Waals surface area (Å²) in [4.78, 5) is 17.4. The lowest BCUT2D eigenvalue weighted by molar-refractivity contribution is 0.669. The van der Waals surface area contributed by atoms with Gasteiger partial charge in [0.25, 0.3) is 0 Å². The van der Waals surface area contributed by atoms with Crippen LogP contribution in [0.25, 0.3) is 89.5 Å². The summed E-state index contributed by atoms with van der Waals surface area (Å²) in [5, 5.41) is 1.94. The first-order chi connectivity index (χ1) is 30.7. The van der Waals surface area contributed by atoms with Crippen LogP contribution in [-0.2, 0) is 0 Å². The lowest BCUT2D eigenvalue weighted by Gasteiger charge is -2.28. The number of fused-ring (bicyclic) bond motifs is 3. The van der Waals surface area contributed by atoms with E-state index in [2.05, 4.69) is 157 Å². The Bertz CT molecular complexity index is 3260. The standard InChI is InChI=1S/C57H38N4O/c1-5-16-39(17-6-1)40-28-30-41(31-29-40)42-32-34-46(35-33-42)61(51-26-14-13-24-48(51)43-18-7-2-8-19-43)47-36-37-49-53(38-47)62-52-27-15-25-50(54(49)52)57-59-55(44-20-9-3-10-21-44)58-56(60-57)45-22-11-4-12-23-45/h1-38H. The zero-order valence-electron chi connectivity index (χ0n) is 33.6. The second kappa shape index (κ2) is 16.0. The van der Waals surface area contributed by atoms with Crippen molar-refractivity contribution >= 4 is 39.0 Å². The van der Waals surface area contributed by atoms with Gasteiger partial charge in [-0.2, -0.15) is 0 Å². The zero-order chi connectivity index (χ0) is 41.2. The molecule has 2 aromatic heterocycles. The van der Waals surface area contributed by atoms with Crippen LogP contribution in [0.15, 0.2) is 235 Å². The Balaban J connectivity index is 1.03. The van der Waals surface area contributed by atoms with Gasteiger partial charge in [-0.15, -0.1) is 0 Å². The van der Waals surface area contributed by atoms with Crippen molar-refractivity contribution in [2.75, 3.05) is 4.90 Å². The quantitative estimate of drug-likeness (QED) is 0.146. The molecule has 0 unspecified atom stereocenters. The van der Waals surface area contributed by atoms with Crippen molar-refractivity contribution in [3.63, 3.8) is 0 Å². The molecule has 0 aliphatic heterocycles. The summed E-state index contributed by atoms with van der Waals surface area (Å²) < 4.78 is 6.74. The first-order valence-electron chi connectivity index (χ1n) is 20.8. The lowest BCUT2D eigenvalue weighted by Crippen LogP contribution is -2.11. The van der Waals surface area contributed by atoms with Crippen molar-refractivity contribution < 1.29 is 4.42 Å². The topological polar surface area (TPSA) is 55.1 Å². The Morgan fingerprint density at radius 3 is 1.35 bits per heavy atom. The zero-order valence-corrected chi connectivity index (χ0v) is 33.6. The number of para-hydroxylation sites is 1. The summed E-state index contributed by atoms with van der Waals surface area (Å²) >= 11 is 0. The molecule has 5 nitrogen and oxygen atoms in total. The molecule has 0 saturated heterocycles. The van der Waals surface area contributed by atoms with E-state index in [9.17, 15) is 0 Å². The van der Waals surface area contributed by atoms with E-state index >= 15 is 0 Å². The predicted octanol–water partition coefficient (Wildman–Crippen LogP) is 15.2. The smallest absolute Gasteiger partial charge is 0.164 e. The second-order valence-electron chi connectivity index (χ2n) is 15.2. The number of aromatic nitrogens is 3. The fourth-order valence-corrected chi connectivity index (χ4v) is 8.32. The van der Waals surface area contributed by atoms with Gasteiger partial charge >= 0.3 is 0 Å². The van der Waals surface area contributed by atoms with Crippen molar-refractivity contribution in [1.82, 2.24) is 15.0 Å². The van der Waals surface area contributed by atoms with Crippen LogP contribution in [-0.4, -0.2) is 15.0 Å². The minimum absolute atomic E-state index is 0.586. The van der Waals surface area contributed by atoms with E-state index in [1.807, 2.05) is 78.9 Å². The molecule has 0 amide bonds. The summed E-state index contributed by atoms with van der Waals surface area (Å²) in [6.07, 6.45) is 0. The molecule has 0 radical (unpaired) electrons. The van der Waals surface area contributed by atoms with Gasteiger partial charge in [0.1, 0.15) is 11.2 Å². The van der Waals surface area contributed by atoms with Crippen LogP contribution >= 0.6 is 0 Å². The fourth-order valence-electron chi connectivity index (χ4n) is 8.32. The molecule has 292 valence electrons. The predicted molar refractivity (Wildman–Crippen MR) is 254 cm³/mol. The highest BCUT2D eigenvalue weighted by Crippen LogP contribution is 2.44. The average molecular weight is 795 g/mol. The number of furan rings is 1. The molecule has 2 heterocycles. The van der Waals surface area contributed by atoms with Gasteiger partial charge in [0.05, 0.1) is 5.69 Å². The van der Waals surface area contributed by atoms with Crippen LogP contribution in [0, 0.1) is 0 Å². The molecule has 0 atom stereocenters. The van der Waals surface area contributed by atoms with Crippen molar-refractivity contribution in [2.24, 2.45) is 0 Å². The van der Waals surface area contributed by atoms with Gasteiger partial charge in [-0.1, -0.05) is 188 Å². The van der Waals surface area contributed by atoms with Crippen molar-refractivity contribution in [2.45, 2.75) is 0 Å². The van der Waals surface area contributed by atoms with Gasteiger partial charge in [-0.05, 0) is 64.2 Å². The van der Waals surface area contributed by atoms with Crippen LogP contribution < -0.4 is 4.90 Å². The highest BCUT2D eigenvalue weighted by molar-refractivity contribution is 6.12. The minimum Gasteiger partial charge on any atom is -0.456 e. The van der Waals surface area contributed by atoms with E-state index in [0.717, 1.165) is 77.9 Å². The number of anilines is 3. The molecule has 62 heavy (non-hydrogen) atoms. The van der Waals surface area contributed by atoms with Gasteiger partial charge in [-0.3, -0.25) is 0 Å². The third-order valence-electron chi connectivity index (χ3n) is 11.4. The maximum absolute atomic E-state index is 6.74. The molecule has 11 aromatic rings. The Morgan fingerprint density at radius 2 is 0.758 bits per heavy atom. The highest BCUT2D eigenvalue weighted by Gasteiger charge is 2.21. The van der Waals surface area contributed by atoms with Gasteiger partial charge in [0.2, 0.25) is 0 Å². The Kier molecular flexibility index (Phi) is 9.45. The Morgan fingerprint density at radius 1 is 0.306 bits per heavy atom.